The van der Waals surface area contributed by atoms with Gasteiger partial charge in [0.15, 0.2) is 0 Å². The summed E-state index contributed by atoms with van der Waals surface area (Å²) in [5.41, 5.74) is 1.05. The summed E-state index contributed by atoms with van der Waals surface area (Å²) in [4.78, 5) is 21.9. The number of hydrogen-bond acceptors (Lipinski definition) is 3. The Morgan fingerprint density at radius 3 is 2.37 bits per heavy atom. The Kier molecular flexibility index (Phi) is 5.98. The number of benzene rings is 1. The lowest BCUT2D eigenvalue weighted by Crippen LogP contribution is -2.46. The van der Waals surface area contributed by atoms with Crippen molar-refractivity contribution in [3.63, 3.8) is 0 Å². The molecule has 3 N–H and O–H groups in total. The van der Waals surface area contributed by atoms with Crippen molar-refractivity contribution in [3.8, 4) is 0 Å². The van der Waals surface area contributed by atoms with Crippen LogP contribution in [0.25, 0.3) is 0 Å². The summed E-state index contributed by atoms with van der Waals surface area (Å²) in [5.74, 6) is -1.41. The molecule has 0 bridgehead atoms. The molecule has 1 unspecified atom stereocenters. The number of hydrogen-bond donors (Lipinski definition) is 3. The predicted molar refractivity (Wildman–Crippen MR) is 75.8 cm³/mol. The van der Waals surface area contributed by atoms with Crippen LogP contribution in [0.2, 0.25) is 0 Å². The van der Waals surface area contributed by atoms with E-state index < -0.39 is 12.0 Å². The normalized spacial score (nSPS) is 13.6. The first-order chi connectivity index (χ1) is 8.90. The van der Waals surface area contributed by atoms with Gasteiger partial charge in [-0.25, -0.2) is 4.79 Å². The number of carbonyl (C=O) groups is 2. The van der Waals surface area contributed by atoms with Gasteiger partial charge in [-0.05, 0) is 24.6 Å². The number of carbonyl (C=O) groups excluding carboxylic acids is 1. The second-order valence-electron chi connectivity index (χ2n) is 4.27. The van der Waals surface area contributed by atoms with Crippen LogP contribution >= 0.6 is 15.9 Å². The van der Waals surface area contributed by atoms with E-state index in [-0.39, 0.29) is 18.5 Å². The van der Waals surface area contributed by atoms with Crippen LogP contribution in [-0.2, 0) is 9.59 Å². The topological polar surface area (TPSA) is 78.4 Å². The molecular weight excluding hydrogens is 312 g/mol. The monoisotopic (exact) mass is 328 g/mol. The lowest BCUT2D eigenvalue weighted by Gasteiger charge is -2.18. The summed E-state index contributed by atoms with van der Waals surface area (Å²) in [5, 5.41) is 14.5. The number of carboxylic acids is 1. The van der Waals surface area contributed by atoms with Gasteiger partial charge in [-0.2, -0.15) is 0 Å². The summed E-state index contributed by atoms with van der Waals surface area (Å²) < 4.78 is 0.991. The van der Waals surface area contributed by atoms with Crippen molar-refractivity contribution in [2.45, 2.75) is 25.9 Å². The van der Waals surface area contributed by atoms with E-state index >= 15 is 0 Å². The minimum absolute atomic E-state index is 0.00343. The lowest BCUT2D eigenvalue weighted by molar-refractivity contribution is -0.141. The Balaban J connectivity index is 2.56. The van der Waals surface area contributed by atoms with Gasteiger partial charge in [0.1, 0.15) is 6.04 Å². The zero-order chi connectivity index (χ0) is 14.4. The second-order valence-corrected chi connectivity index (χ2v) is 5.19. The predicted octanol–water partition coefficient (Wildman–Crippen LogP) is 1.69. The van der Waals surface area contributed by atoms with Gasteiger partial charge in [0.25, 0.3) is 0 Å². The Bertz CT molecular complexity index is 448. The summed E-state index contributed by atoms with van der Waals surface area (Å²) in [6.07, 6.45) is 0. The summed E-state index contributed by atoms with van der Waals surface area (Å²) in [6.45, 7) is 3.41. The number of nitrogens with one attached hydrogen (secondary N) is 2. The van der Waals surface area contributed by atoms with E-state index in [9.17, 15) is 9.59 Å². The van der Waals surface area contributed by atoms with Gasteiger partial charge in [0, 0.05) is 24.0 Å². The molecule has 1 aromatic carbocycles. The molecule has 0 aliphatic heterocycles. The van der Waals surface area contributed by atoms with Gasteiger partial charge in [0.2, 0.25) is 5.91 Å². The second kappa shape index (κ2) is 7.25. The Morgan fingerprint density at radius 1 is 1.32 bits per heavy atom. The summed E-state index contributed by atoms with van der Waals surface area (Å²) in [7, 11) is 0. The molecule has 0 spiro atoms. The molecule has 19 heavy (non-hydrogen) atoms. The van der Waals surface area contributed by atoms with E-state index in [1.165, 1.54) is 6.92 Å². The zero-order valence-corrected chi connectivity index (χ0v) is 12.4. The SMILES string of the molecule is CC(=O)NC(CN[C@H](C)c1ccc(Br)cc1)C(=O)O. The highest BCUT2D eigenvalue weighted by Gasteiger charge is 2.19. The van der Waals surface area contributed by atoms with Crippen LogP contribution in [0.5, 0.6) is 0 Å². The molecular formula is C13H17BrN2O3. The van der Waals surface area contributed by atoms with Crippen LogP contribution in [0.1, 0.15) is 25.5 Å². The van der Waals surface area contributed by atoms with Crippen molar-refractivity contribution in [2.75, 3.05) is 6.54 Å². The standard InChI is InChI=1S/C13H17BrN2O3/c1-8(10-3-5-11(14)6-4-10)15-7-12(13(18)19)16-9(2)17/h3-6,8,12,15H,7H2,1-2H3,(H,16,17)(H,18,19)/t8-,12?/m1/s1. The van der Waals surface area contributed by atoms with Crippen molar-refractivity contribution in [2.24, 2.45) is 0 Å². The average molecular weight is 329 g/mol. The van der Waals surface area contributed by atoms with E-state index in [1.807, 2.05) is 31.2 Å². The Morgan fingerprint density at radius 2 is 1.89 bits per heavy atom. The van der Waals surface area contributed by atoms with Gasteiger partial charge in [-0.3, -0.25) is 4.79 Å². The number of aliphatic carboxylic acids is 1. The van der Waals surface area contributed by atoms with E-state index in [0.29, 0.717) is 0 Å². The van der Waals surface area contributed by atoms with E-state index in [1.54, 1.807) is 0 Å². The van der Waals surface area contributed by atoms with Crippen molar-refractivity contribution in [1.82, 2.24) is 10.6 Å². The number of halogens is 1. The summed E-state index contributed by atoms with van der Waals surface area (Å²) >= 11 is 3.36. The minimum atomic E-state index is -1.05. The first kappa shape index (κ1) is 15.7. The Labute approximate surface area is 120 Å². The van der Waals surface area contributed by atoms with Gasteiger partial charge in [0.05, 0.1) is 0 Å². The van der Waals surface area contributed by atoms with Crippen molar-refractivity contribution < 1.29 is 14.7 Å². The van der Waals surface area contributed by atoms with Gasteiger partial charge < -0.3 is 15.7 Å². The van der Waals surface area contributed by atoms with Crippen LogP contribution in [-0.4, -0.2) is 29.6 Å². The number of carboxylic acid groups (broad SMARTS) is 1. The molecule has 5 nitrogen and oxygen atoms in total. The van der Waals surface area contributed by atoms with E-state index in [4.69, 9.17) is 5.11 Å². The van der Waals surface area contributed by atoms with Crippen molar-refractivity contribution >= 4 is 27.8 Å². The van der Waals surface area contributed by atoms with Gasteiger partial charge >= 0.3 is 5.97 Å². The third kappa shape index (κ3) is 5.40. The maximum atomic E-state index is 11.0. The van der Waals surface area contributed by atoms with Crippen LogP contribution in [0.15, 0.2) is 28.7 Å². The van der Waals surface area contributed by atoms with Crippen LogP contribution < -0.4 is 10.6 Å². The summed E-state index contributed by atoms with van der Waals surface area (Å²) in [6, 6.07) is 6.84. The van der Waals surface area contributed by atoms with E-state index in [2.05, 4.69) is 26.6 Å². The van der Waals surface area contributed by atoms with Crippen LogP contribution in [0, 0.1) is 0 Å². The molecule has 0 saturated carbocycles. The molecule has 0 aliphatic carbocycles. The molecule has 0 aromatic heterocycles. The van der Waals surface area contributed by atoms with Crippen LogP contribution in [0.4, 0.5) is 0 Å². The fraction of sp³-hybridized carbons (Fsp3) is 0.385. The quantitative estimate of drug-likeness (QED) is 0.742. The fourth-order valence-corrected chi connectivity index (χ4v) is 1.87. The molecule has 0 heterocycles. The van der Waals surface area contributed by atoms with Gasteiger partial charge in [-0.1, -0.05) is 28.1 Å². The molecule has 0 fully saturated rings. The maximum Gasteiger partial charge on any atom is 0.327 e. The molecule has 1 rings (SSSR count). The Hall–Kier alpha value is -1.40. The van der Waals surface area contributed by atoms with Crippen molar-refractivity contribution in [3.05, 3.63) is 34.3 Å². The third-order valence-electron chi connectivity index (χ3n) is 2.67. The zero-order valence-electron chi connectivity index (χ0n) is 10.8. The van der Waals surface area contributed by atoms with Gasteiger partial charge in [-0.15, -0.1) is 0 Å². The first-order valence-electron chi connectivity index (χ1n) is 5.89. The van der Waals surface area contributed by atoms with Crippen LogP contribution in [0.3, 0.4) is 0 Å². The highest BCUT2D eigenvalue weighted by molar-refractivity contribution is 9.10. The minimum Gasteiger partial charge on any atom is -0.480 e. The van der Waals surface area contributed by atoms with E-state index in [0.717, 1.165) is 10.0 Å². The molecule has 0 aliphatic rings. The molecule has 1 amide bonds. The highest BCUT2D eigenvalue weighted by Crippen LogP contribution is 2.16. The molecule has 0 radical (unpaired) electrons. The lowest BCUT2D eigenvalue weighted by atomic mass is 10.1. The highest BCUT2D eigenvalue weighted by atomic mass is 79.9. The maximum absolute atomic E-state index is 11.0. The molecule has 2 atom stereocenters. The number of rotatable bonds is 6. The number of amides is 1. The third-order valence-corrected chi connectivity index (χ3v) is 3.20. The largest absolute Gasteiger partial charge is 0.480 e. The first-order valence-corrected chi connectivity index (χ1v) is 6.68. The molecule has 0 saturated heterocycles. The fourth-order valence-electron chi connectivity index (χ4n) is 1.61. The molecule has 6 heteroatoms. The molecule has 104 valence electrons. The average Bonchev–Trinajstić information content (AvgIpc) is 2.34. The smallest absolute Gasteiger partial charge is 0.327 e. The molecule has 1 aromatic rings. The van der Waals surface area contributed by atoms with Crippen molar-refractivity contribution in [1.29, 1.82) is 0 Å².